The number of hydrogen-bond acceptors (Lipinski definition) is 7. The van der Waals surface area contributed by atoms with E-state index in [1.54, 1.807) is 62.4 Å². The van der Waals surface area contributed by atoms with Crippen LogP contribution in [0.1, 0.15) is 53.8 Å². The first-order valence-corrected chi connectivity index (χ1v) is 10.2. The zero-order valence-electron chi connectivity index (χ0n) is 18.4. The van der Waals surface area contributed by atoms with Gasteiger partial charge in [-0.25, -0.2) is 4.79 Å². The van der Waals surface area contributed by atoms with E-state index in [1.807, 2.05) is 0 Å². The van der Waals surface area contributed by atoms with Crippen LogP contribution in [0.15, 0.2) is 48.5 Å². The maximum Gasteiger partial charge on any atom is 0.338 e. The molecule has 0 saturated heterocycles. The molecule has 0 saturated carbocycles. The Morgan fingerprint density at radius 2 is 1.66 bits per heavy atom. The smallest absolute Gasteiger partial charge is 0.338 e. The van der Waals surface area contributed by atoms with Crippen LogP contribution in [-0.2, 0) is 19.1 Å². The number of ketones is 1. The van der Waals surface area contributed by atoms with Gasteiger partial charge >= 0.3 is 11.9 Å². The molecular weight excluding hydrogens is 414 g/mol. The van der Waals surface area contributed by atoms with E-state index in [0.717, 1.165) is 0 Å². The highest BCUT2D eigenvalue weighted by molar-refractivity contribution is 5.98. The van der Waals surface area contributed by atoms with Gasteiger partial charge in [0.2, 0.25) is 5.91 Å². The van der Waals surface area contributed by atoms with Gasteiger partial charge in [-0.2, -0.15) is 0 Å². The van der Waals surface area contributed by atoms with Gasteiger partial charge < -0.3 is 19.5 Å². The third-order valence-corrected chi connectivity index (χ3v) is 4.29. The molecule has 0 atom stereocenters. The number of benzene rings is 2. The van der Waals surface area contributed by atoms with Crippen molar-refractivity contribution >= 4 is 29.3 Å². The standard InChI is InChI=1S/C24H27NO7/c1-16(2)32-24(29)17-10-12-19(13-11-17)25-22(27)8-5-9-23(28)31-15-21(26)18-6-4-7-20(14-18)30-3/h4,6-7,10-14,16H,5,8-9,15H2,1-3H3,(H,25,27). The molecule has 170 valence electrons. The highest BCUT2D eigenvalue weighted by Crippen LogP contribution is 2.14. The van der Waals surface area contributed by atoms with E-state index in [4.69, 9.17) is 14.2 Å². The number of amides is 1. The van der Waals surface area contributed by atoms with Crippen molar-refractivity contribution in [2.45, 2.75) is 39.2 Å². The van der Waals surface area contributed by atoms with E-state index >= 15 is 0 Å². The van der Waals surface area contributed by atoms with Gasteiger partial charge in [0.25, 0.3) is 0 Å². The third-order valence-electron chi connectivity index (χ3n) is 4.29. The molecule has 0 aliphatic heterocycles. The molecule has 32 heavy (non-hydrogen) atoms. The van der Waals surface area contributed by atoms with Crippen LogP contribution in [0.2, 0.25) is 0 Å². The molecule has 2 aromatic carbocycles. The molecule has 2 aromatic rings. The van der Waals surface area contributed by atoms with Crippen molar-refractivity contribution in [3.63, 3.8) is 0 Å². The molecule has 8 heteroatoms. The monoisotopic (exact) mass is 441 g/mol. The zero-order chi connectivity index (χ0) is 23.5. The number of methoxy groups -OCH3 is 1. The summed E-state index contributed by atoms with van der Waals surface area (Å²) in [4.78, 5) is 47.8. The lowest BCUT2D eigenvalue weighted by atomic mass is 10.1. The predicted molar refractivity (Wildman–Crippen MR) is 118 cm³/mol. The Morgan fingerprint density at radius 1 is 0.938 bits per heavy atom. The van der Waals surface area contributed by atoms with E-state index in [2.05, 4.69) is 5.32 Å². The second-order valence-electron chi connectivity index (χ2n) is 7.25. The summed E-state index contributed by atoms with van der Waals surface area (Å²) in [6.45, 7) is 3.16. The normalized spacial score (nSPS) is 10.4. The number of ether oxygens (including phenoxy) is 3. The summed E-state index contributed by atoms with van der Waals surface area (Å²) in [6, 6.07) is 12.9. The first-order chi connectivity index (χ1) is 15.3. The molecule has 0 heterocycles. The maximum atomic E-state index is 12.1. The number of rotatable bonds is 11. The number of carbonyl (C=O) groups is 4. The van der Waals surface area contributed by atoms with Crippen LogP contribution in [-0.4, -0.2) is 43.4 Å². The quantitative estimate of drug-likeness (QED) is 0.417. The van der Waals surface area contributed by atoms with Crippen molar-refractivity contribution in [3.05, 3.63) is 59.7 Å². The molecule has 0 unspecified atom stereocenters. The van der Waals surface area contributed by atoms with Crippen molar-refractivity contribution in [2.24, 2.45) is 0 Å². The summed E-state index contributed by atoms with van der Waals surface area (Å²) in [5.41, 5.74) is 1.31. The molecule has 0 aliphatic rings. The Labute approximate surface area is 186 Å². The van der Waals surface area contributed by atoms with Crippen LogP contribution >= 0.6 is 0 Å². The fraction of sp³-hybridized carbons (Fsp3) is 0.333. The van der Waals surface area contributed by atoms with Gasteiger partial charge in [0.1, 0.15) is 5.75 Å². The van der Waals surface area contributed by atoms with E-state index in [-0.39, 0.29) is 43.7 Å². The van der Waals surface area contributed by atoms with Crippen molar-refractivity contribution in [3.8, 4) is 5.75 Å². The fourth-order valence-corrected chi connectivity index (χ4v) is 2.69. The summed E-state index contributed by atoms with van der Waals surface area (Å²) < 4.78 is 15.2. The van der Waals surface area contributed by atoms with Crippen molar-refractivity contribution in [1.82, 2.24) is 0 Å². The van der Waals surface area contributed by atoms with E-state index in [0.29, 0.717) is 22.6 Å². The number of carbonyl (C=O) groups excluding carboxylic acids is 4. The Kier molecular flexibility index (Phi) is 9.41. The van der Waals surface area contributed by atoms with Gasteiger partial charge in [-0.3, -0.25) is 14.4 Å². The molecule has 8 nitrogen and oxygen atoms in total. The number of anilines is 1. The molecule has 0 radical (unpaired) electrons. The molecule has 0 fully saturated rings. The molecule has 0 bridgehead atoms. The van der Waals surface area contributed by atoms with Crippen LogP contribution in [0.5, 0.6) is 5.75 Å². The number of nitrogens with one attached hydrogen (secondary N) is 1. The van der Waals surface area contributed by atoms with Gasteiger partial charge in [-0.1, -0.05) is 12.1 Å². The van der Waals surface area contributed by atoms with Crippen molar-refractivity contribution < 1.29 is 33.4 Å². The van der Waals surface area contributed by atoms with Gasteiger partial charge in [-0.15, -0.1) is 0 Å². The highest BCUT2D eigenvalue weighted by atomic mass is 16.5. The first-order valence-electron chi connectivity index (χ1n) is 10.2. The lowest BCUT2D eigenvalue weighted by molar-refractivity contribution is -0.142. The zero-order valence-corrected chi connectivity index (χ0v) is 18.4. The van der Waals surface area contributed by atoms with E-state index in [9.17, 15) is 19.2 Å². The number of hydrogen-bond donors (Lipinski definition) is 1. The van der Waals surface area contributed by atoms with Gasteiger partial charge in [0.05, 0.1) is 18.8 Å². The molecule has 2 rings (SSSR count). The summed E-state index contributed by atoms with van der Waals surface area (Å²) >= 11 is 0. The molecular formula is C24H27NO7. The lowest BCUT2D eigenvalue weighted by Crippen LogP contribution is -2.16. The summed E-state index contributed by atoms with van der Waals surface area (Å²) in [7, 11) is 1.50. The van der Waals surface area contributed by atoms with E-state index in [1.165, 1.54) is 7.11 Å². The SMILES string of the molecule is COc1cccc(C(=O)COC(=O)CCCC(=O)Nc2ccc(C(=O)OC(C)C)cc2)c1. The summed E-state index contributed by atoms with van der Waals surface area (Å²) in [5.74, 6) is -1.06. The molecule has 0 spiro atoms. The number of esters is 2. The van der Waals surface area contributed by atoms with Crippen LogP contribution in [0.25, 0.3) is 0 Å². The Bertz CT molecular complexity index is 951. The van der Waals surface area contributed by atoms with Gasteiger partial charge in [0, 0.05) is 24.1 Å². The van der Waals surface area contributed by atoms with Crippen LogP contribution in [0.4, 0.5) is 5.69 Å². The van der Waals surface area contributed by atoms with Gasteiger partial charge in [0.15, 0.2) is 12.4 Å². The van der Waals surface area contributed by atoms with E-state index < -0.39 is 11.9 Å². The summed E-state index contributed by atoms with van der Waals surface area (Å²) in [6.07, 6.45) is 0.180. The molecule has 1 amide bonds. The Morgan fingerprint density at radius 3 is 2.31 bits per heavy atom. The largest absolute Gasteiger partial charge is 0.497 e. The highest BCUT2D eigenvalue weighted by Gasteiger charge is 2.12. The van der Waals surface area contributed by atoms with Crippen molar-refractivity contribution in [2.75, 3.05) is 19.0 Å². The lowest BCUT2D eigenvalue weighted by Gasteiger charge is -2.09. The average Bonchev–Trinajstić information content (AvgIpc) is 2.77. The fourth-order valence-electron chi connectivity index (χ4n) is 2.69. The van der Waals surface area contributed by atoms with Crippen LogP contribution in [0, 0.1) is 0 Å². The minimum absolute atomic E-state index is 0.0127. The second-order valence-corrected chi connectivity index (χ2v) is 7.25. The molecule has 0 aromatic heterocycles. The van der Waals surface area contributed by atoms with Crippen LogP contribution < -0.4 is 10.1 Å². The minimum Gasteiger partial charge on any atom is -0.497 e. The minimum atomic E-state index is -0.554. The maximum absolute atomic E-state index is 12.1. The average molecular weight is 441 g/mol. The topological polar surface area (TPSA) is 108 Å². The summed E-state index contributed by atoms with van der Waals surface area (Å²) in [5, 5.41) is 2.70. The number of Topliss-reactive ketones (excluding diaryl/α,β-unsaturated/α-hetero) is 1. The molecule has 0 aliphatic carbocycles. The third kappa shape index (κ3) is 8.22. The Hall–Kier alpha value is -3.68. The first kappa shape index (κ1) is 24.6. The van der Waals surface area contributed by atoms with Gasteiger partial charge in [-0.05, 0) is 56.7 Å². The van der Waals surface area contributed by atoms with Crippen LogP contribution in [0.3, 0.4) is 0 Å². The predicted octanol–water partition coefficient (Wildman–Crippen LogP) is 3.80. The van der Waals surface area contributed by atoms with Crippen molar-refractivity contribution in [1.29, 1.82) is 0 Å². The second kappa shape index (κ2) is 12.2. The molecule has 1 N–H and O–H groups in total. The Balaban J connectivity index is 1.69.